The fourth-order valence-corrected chi connectivity index (χ4v) is 3.49. The lowest BCUT2D eigenvalue weighted by Gasteiger charge is -2.24. The number of likely N-dealkylation sites (tertiary alicyclic amines) is 1. The van der Waals surface area contributed by atoms with E-state index in [9.17, 15) is 0 Å². The van der Waals surface area contributed by atoms with Crippen LogP contribution in [0.1, 0.15) is 40.0 Å². The summed E-state index contributed by atoms with van der Waals surface area (Å²) in [6, 6.07) is 3.13. The molecule has 0 spiro atoms. The van der Waals surface area contributed by atoms with Gasteiger partial charge >= 0.3 is 0 Å². The van der Waals surface area contributed by atoms with E-state index in [-0.39, 0.29) is 5.41 Å². The maximum absolute atomic E-state index is 8.99. The summed E-state index contributed by atoms with van der Waals surface area (Å²) in [6.07, 6.45) is 3.44. The predicted octanol–water partition coefficient (Wildman–Crippen LogP) is 2.25. The first-order valence-electron chi connectivity index (χ1n) is 7.39. The van der Waals surface area contributed by atoms with Crippen molar-refractivity contribution in [1.82, 2.24) is 10.2 Å². The van der Waals surface area contributed by atoms with Crippen LogP contribution in [0.5, 0.6) is 0 Å². The first kappa shape index (κ1) is 13.8. The number of hydrogen-bond acceptors (Lipinski definition) is 3. The average Bonchev–Trinajstić information content (AvgIpc) is 2.89. The second kappa shape index (κ2) is 5.59. The van der Waals surface area contributed by atoms with E-state index < -0.39 is 0 Å². The maximum Gasteiger partial charge on any atom is 0.0683 e. The molecule has 2 heterocycles. The van der Waals surface area contributed by atoms with E-state index in [1.807, 2.05) is 13.8 Å². The van der Waals surface area contributed by atoms with Crippen molar-refractivity contribution < 1.29 is 0 Å². The van der Waals surface area contributed by atoms with Gasteiger partial charge in [0.2, 0.25) is 0 Å². The number of unbranched alkanes of at least 4 members (excludes halogenated alkanes) is 1. The standard InChI is InChI=1S/C15H27N3/c1-12-14-9-17-8-13(14)10-18(12)7-5-4-6-15(2,3)11-16/h12-14,17H,4-10H2,1-3H3. The van der Waals surface area contributed by atoms with Crippen LogP contribution in [0, 0.1) is 28.6 Å². The van der Waals surface area contributed by atoms with Crippen LogP contribution in [-0.2, 0) is 0 Å². The van der Waals surface area contributed by atoms with Crippen LogP contribution in [0.15, 0.2) is 0 Å². The van der Waals surface area contributed by atoms with Crippen LogP contribution >= 0.6 is 0 Å². The molecule has 2 fully saturated rings. The number of nitrogens with one attached hydrogen (secondary N) is 1. The number of nitriles is 1. The summed E-state index contributed by atoms with van der Waals surface area (Å²) in [5, 5.41) is 12.5. The van der Waals surface area contributed by atoms with Gasteiger partial charge in [0.05, 0.1) is 11.5 Å². The molecule has 0 bridgehead atoms. The zero-order chi connectivity index (χ0) is 13.2. The van der Waals surface area contributed by atoms with E-state index >= 15 is 0 Å². The number of rotatable bonds is 5. The van der Waals surface area contributed by atoms with E-state index in [1.165, 1.54) is 39.0 Å². The minimum atomic E-state index is -0.142. The molecule has 2 aliphatic rings. The molecule has 0 saturated carbocycles. The van der Waals surface area contributed by atoms with Gasteiger partial charge < -0.3 is 5.32 Å². The van der Waals surface area contributed by atoms with Crippen molar-refractivity contribution in [2.75, 3.05) is 26.2 Å². The summed E-state index contributed by atoms with van der Waals surface area (Å²) in [4.78, 5) is 2.66. The Kier molecular flexibility index (Phi) is 4.29. The van der Waals surface area contributed by atoms with Crippen LogP contribution in [0.4, 0.5) is 0 Å². The van der Waals surface area contributed by atoms with Gasteiger partial charge in [0.1, 0.15) is 0 Å². The second-order valence-electron chi connectivity index (χ2n) is 6.77. The largest absolute Gasteiger partial charge is 0.316 e. The highest BCUT2D eigenvalue weighted by Crippen LogP contribution is 2.32. The van der Waals surface area contributed by atoms with E-state index in [2.05, 4.69) is 23.2 Å². The maximum atomic E-state index is 8.99. The van der Waals surface area contributed by atoms with Gasteiger partial charge in [-0.2, -0.15) is 5.26 Å². The molecule has 0 radical (unpaired) electrons. The molecule has 18 heavy (non-hydrogen) atoms. The molecule has 0 aromatic heterocycles. The van der Waals surface area contributed by atoms with Crippen molar-refractivity contribution in [2.45, 2.75) is 46.1 Å². The molecule has 3 unspecified atom stereocenters. The van der Waals surface area contributed by atoms with Crippen molar-refractivity contribution in [1.29, 1.82) is 5.26 Å². The normalized spacial score (nSPS) is 32.4. The molecule has 0 aromatic rings. The average molecular weight is 249 g/mol. The molecule has 3 heteroatoms. The molecule has 102 valence electrons. The van der Waals surface area contributed by atoms with Gasteiger partial charge in [-0.1, -0.05) is 6.42 Å². The lowest BCUT2D eigenvalue weighted by atomic mass is 9.89. The van der Waals surface area contributed by atoms with Crippen molar-refractivity contribution in [3.8, 4) is 6.07 Å². The minimum absolute atomic E-state index is 0.142. The highest BCUT2D eigenvalue weighted by Gasteiger charge is 2.41. The van der Waals surface area contributed by atoms with Gasteiger partial charge in [-0.15, -0.1) is 0 Å². The van der Waals surface area contributed by atoms with Gasteiger partial charge in [-0.05, 0) is 65.1 Å². The molecular weight excluding hydrogens is 222 g/mol. The smallest absolute Gasteiger partial charge is 0.0683 e. The Morgan fingerprint density at radius 1 is 1.33 bits per heavy atom. The Balaban J connectivity index is 1.68. The van der Waals surface area contributed by atoms with E-state index in [1.54, 1.807) is 0 Å². The highest BCUT2D eigenvalue weighted by atomic mass is 15.2. The SMILES string of the molecule is CC1C2CNCC2CN1CCCCC(C)(C)C#N. The molecule has 0 aromatic carbocycles. The molecule has 1 N–H and O–H groups in total. The van der Waals surface area contributed by atoms with Gasteiger partial charge in [0, 0.05) is 12.6 Å². The van der Waals surface area contributed by atoms with Gasteiger partial charge in [-0.3, -0.25) is 4.90 Å². The lowest BCUT2D eigenvalue weighted by Crippen LogP contribution is -2.34. The summed E-state index contributed by atoms with van der Waals surface area (Å²) in [7, 11) is 0. The van der Waals surface area contributed by atoms with Crippen LogP contribution in [0.2, 0.25) is 0 Å². The molecular formula is C15H27N3. The van der Waals surface area contributed by atoms with E-state index in [0.29, 0.717) is 0 Å². The monoisotopic (exact) mass is 249 g/mol. The van der Waals surface area contributed by atoms with Crippen molar-refractivity contribution >= 4 is 0 Å². The Hall–Kier alpha value is -0.590. The minimum Gasteiger partial charge on any atom is -0.316 e. The molecule has 0 aliphatic carbocycles. The summed E-state index contributed by atoms with van der Waals surface area (Å²) >= 11 is 0. The highest BCUT2D eigenvalue weighted by molar-refractivity contribution is 4.96. The van der Waals surface area contributed by atoms with Crippen molar-refractivity contribution in [3.63, 3.8) is 0 Å². The van der Waals surface area contributed by atoms with Crippen molar-refractivity contribution in [3.05, 3.63) is 0 Å². The van der Waals surface area contributed by atoms with Gasteiger partial charge in [0.15, 0.2) is 0 Å². The van der Waals surface area contributed by atoms with Crippen LogP contribution in [0.3, 0.4) is 0 Å². The zero-order valence-electron chi connectivity index (χ0n) is 12.1. The summed E-state index contributed by atoms with van der Waals surface area (Å²) in [5.41, 5.74) is -0.142. The third kappa shape index (κ3) is 3.05. The van der Waals surface area contributed by atoms with Crippen molar-refractivity contribution in [2.24, 2.45) is 17.3 Å². The number of fused-ring (bicyclic) bond motifs is 1. The third-order valence-corrected chi connectivity index (χ3v) is 4.86. The summed E-state index contributed by atoms with van der Waals surface area (Å²) in [6.45, 7) is 11.4. The van der Waals surface area contributed by atoms with Crippen LogP contribution in [-0.4, -0.2) is 37.1 Å². The number of nitrogens with zero attached hydrogens (tertiary/aromatic N) is 2. The predicted molar refractivity (Wildman–Crippen MR) is 74.1 cm³/mol. The molecule has 0 amide bonds. The Labute approximate surface area is 112 Å². The second-order valence-corrected chi connectivity index (χ2v) is 6.77. The van der Waals surface area contributed by atoms with E-state index in [4.69, 9.17) is 5.26 Å². The summed E-state index contributed by atoms with van der Waals surface area (Å²) in [5.74, 6) is 1.76. The Morgan fingerprint density at radius 3 is 2.78 bits per heavy atom. The first-order valence-corrected chi connectivity index (χ1v) is 7.39. The zero-order valence-corrected chi connectivity index (χ0v) is 12.1. The molecule has 2 aliphatic heterocycles. The topological polar surface area (TPSA) is 39.1 Å². The van der Waals surface area contributed by atoms with Gasteiger partial charge in [-0.25, -0.2) is 0 Å². The summed E-state index contributed by atoms with van der Waals surface area (Å²) < 4.78 is 0. The fraction of sp³-hybridized carbons (Fsp3) is 0.933. The van der Waals surface area contributed by atoms with Crippen LogP contribution < -0.4 is 5.32 Å². The first-order chi connectivity index (χ1) is 8.53. The molecule has 3 atom stereocenters. The Morgan fingerprint density at radius 2 is 2.11 bits per heavy atom. The number of hydrogen-bond donors (Lipinski definition) is 1. The molecule has 2 saturated heterocycles. The third-order valence-electron chi connectivity index (χ3n) is 4.86. The van der Waals surface area contributed by atoms with E-state index in [0.717, 1.165) is 24.3 Å². The van der Waals surface area contributed by atoms with Crippen LogP contribution in [0.25, 0.3) is 0 Å². The molecule has 2 rings (SSSR count). The molecule has 3 nitrogen and oxygen atoms in total. The quantitative estimate of drug-likeness (QED) is 0.760. The lowest BCUT2D eigenvalue weighted by molar-refractivity contribution is 0.231. The Bertz CT molecular complexity index is 318. The fourth-order valence-electron chi connectivity index (χ4n) is 3.49. The van der Waals surface area contributed by atoms with Gasteiger partial charge in [0.25, 0.3) is 0 Å².